The Morgan fingerprint density at radius 2 is 1.83 bits per heavy atom. The molecule has 6 nitrogen and oxygen atoms in total. The van der Waals surface area contributed by atoms with E-state index in [1.165, 1.54) is 16.8 Å². The standard InChI is InChI=1S/C18H11ClF3N3O.C2H4O2/c19-13-4-2-1-3-11(13)15-12-9-10(18(20,21)22)5-6-14(12)25-8-7-23-16(25)17(26)24-15;1-2(3)4/h1-9,17,26H;1H3,(H,3,4). The van der Waals surface area contributed by atoms with Crippen molar-refractivity contribution in [2.45, 2.75) is 19.3 Å². The lowest BCUT2D eigenvalue weighted by Gasteiger charge is -2.15. The minimum absolute atomic E-state index is 0.176. The Morgan fingerprint density at radius 1 is 1.17 bits per heavy atom. The number of benzene rings is 2. The minimum atomic E-state index is -4.51. The lowest BCUT2D eigenvalue weighted by molar-refractivity contribution is -0.137. The van der Waals surface area contributed by atoms with Crippen LogP contribution in [0.4, 0.5) is 13.2 Å². The van der Waals surface area contributed by atoms with E-state index in [9.17, 15) is 18.3 Å². The topological polar surface area (TPSA) is 87.7 Å². The fourth-order valence-electron chi connectivity index (χ4n) is 2.94. The van der Waals surface area contributed by atoms with Crippen LogP contribution < -0.4 is 0 Å². The van der Waals surface area contributed by atoms with Crippen LogP contribution in [0.2, 0.25) is 5.02 Å². The second-order valence-corrected chi connectivity index (χ2v) is 6.64. The Kier molecular flexibility index (Phi) is 5.95. The van der Waals surface area contributed by atoms with E-state index in [-0.39, 0.29) is 17.1 Å². The normalized spacial score (nSPS) is 15.1. The van der Waals surface area contributed by atoms with Gasteiger partial charge >= 0.3 is 6.18 Å². The average molecular weight is 438 g/mol. The SMILES string of the molecule is CC(=O)O.OC1N=C(c2ccccc2Cl)c2cc(C(F)(F)F)ccc2-n2ccnc21. The summed E-state index contributed by atoms with van der Waals surface area (Å²) in [4.78, 5) is 17.3. The summed E-state index contributed by atoms with van der Waals surface area (Å²) in [7, 11) is 0. The van der Waals surface area contributed by atoms with Crippen LogP contribution in [0.15, 0.2) is 59.9 Å². The molecule has 1 atom stereocenters. The molecule has 0 spiro atoms. The zero-order valence-corrected chi connectivity index (χ0v) is 16.2. The Balaban J connectivity index is 0.000000589. The fourth-order valence-corrected chi connectivity index (χ4v) is 3.16. The van der Waals surface area contributed by atoms with Gasteiger partial charge in [-0.2, -0.15) is 13.2 Å². The smallest absolute Gasteiger partial charge is 0.416 e. The fraction of sp³-hybridized carbons (Fsp3) is 0.150. The molecule has 1 aliphatic rings. The number of carboxylic acid groups (broad SMARTS) is 1. The summed E-state index contributed by atoms with van der Waals surface area (Å²) in [6.45, 7) is 1.08. The third kappa shape index (κ3) is 4.37. The molecule has 0 aliphatic carbocycles. The van der Waals surface area contributed by atoms with Crippen LogP contribution in [0.3, 0.4) is 0 Å². The first-order valence-electron chi connectivity index (χ1n) is 8.55. The maximum atomic E-state index is 13.2. The van der Waals surface area contributed by atoms with Crippen molar-refractivity contribution in [3.05, 3.63) is 82.4 Å². The highest BCUT2D eigenvalue weighted by atomic mass is 35.5. The number of hydrogen-bond acceptors (Lipinski definition) is 4. The van der Waals surface area contributed by atoms with Crippen LogP contribution in [0.1, 0.15) is 35.7 Å². The van der Waals surface area contributed by atoms with Gasteiger partial charge in [-0.1, -0.05) is 29.8 Å². The van der Waals surface area contributed by atoms with E-state index in [4.69, 9.17) is 21.5 Å². The number of nitrogens with zero attached hydrogens (tertiary/aromatic N) is 3. The van der Waals surface area contributed by atoms with Crippen LogP contribution in [0.25, 0.3) is 5.69 Å². The van der Waals surface area contributed by atoms with Gasteiger partial charge in [-0.15, -0.1) is 0 Å². The van der Waals surface area contributed by atoms with Crippen molar-refractivity contribution in [2.75, 3.05) is 0 Å². The van der Waals surface area contributed by atoms with E-state index in [0.29, 0.717) is 16.3 Å². The number of aliphatic carboxylic acids is 1. The van der Waals surface area contributed by atoms with Gasteiger partial charge in [0, 0.05) is 35.5 Å². The summed E-state index contributed by atoms with van der Waals surface area (Å²) in [6.07, 6.45) is -2.83. The zero-order chi connectivity index (χ0) is 22.1. The Bertz CT molecular complexity index is 1120. The number of rotatable bonds is 1. The number of aliphatic imine (C=N–C) groups is 1. The molecule has 156 valence electrons. The van der Waals surface area contributed by atoms with Crippen molar-refractivity contribution in [3.8, 4) is 5.69 Å². The first-order valence-corrected chi connectivity index (χ1v) is 8.93. The predicted molar refractivity (Wildman–Crippen MR) is 104 cm³/mol. The quantitative estimate of drug-likeness (QED) is 0.587. The molecular formula is C20H15ClF3N3O3. The molecule has 0 fully saturated rings. The van der Waals surface area contributed by atoms with E-state index < -0.39 is 23.9 Å². The van der Waals surface area contributed by atoms with Gasteiger partial charge in [-0.25, -0.2) is 9.98 Å². The van der Waals surface area contributed by atoms with Crippen molar-refractivity contribution in [1.29, 1.82) is 0 Å². The molecule has 1 aromatic heterocycles. The number of alkyl halides is 3. The van der Waals surface area contributed by atoms with Crippen molar-refractivity contribution < 1.29 is 28.2 Å². The van der Waals surface area contributed by atoms with Gasteiger partial charge in [0.2, 0.25) is 6.23 Å². The maximum Gasteiger partial charge on any atom is 0.416 e. The molecule has 0 saturated carbocycles. The molecule has 0 amide bonds. The third-order valence-corrected chi connectivity index (χ3v) is 4.45. The van der Waals surface area contributed by atoms with Gasteiger partial charge in [0.15, 0.2) is 5.82 Å². The van der Waals surface area contributed by atoms with E-state index >= 15 is 0 Å². The first kappa shape index (κ1) is 21.5. The molecular weight excluding hydrogens is 423 g/mol. The van der Waals surface area contributed by atoms with Crippen molar-refractivity contribution in [3.63, 3.8) is 0 Å². The highest BCUT2D eigenvalue weighted by Gasteiger charge is 2.33. The van der Waals surface area contributed by atoms with Gasteiger partial charge in [0.25, 0.3) is 5.97 Å². The lowest BCUT2D eigenvalue weighted by Crippen LogP contribution is -2.12. The average Bonchev–Trinajstić information content (AvgIpc) is 3.11. The van der Waals surface area contributed by atoms with Gasteiger partial charge in [0.1, 0.15) is 0 Å². The molecule has 0 bridgehead atoms. The molecule has 2 N–H and O–H groups in total. The Hall–Kier alpha value is -3.17. The zero-order valence-electron chi connectivity index (χ0n) is 15.4. The Morgan fingerprint density at radius 3 is 2.47 bits per heavy atom. The van der Waals surface area contributed by atoms with Crippen LogP contribution in [0, 0.1) is 0 Å². The molecule has 10 heteroatoms. The number of aliphatic hydroxyl groups is 1. The van der Waals surface area contributed by atoms with Crippen molar-refractivity contribution in [1.82, 2.24) is 9.55 Å². The van der Waals surface area contributed by atoms with E-state index in [2.05, 4.69) is 9.98 Å². The number of fused-ring (bicyclic) bond motifs is 3. The first-order chi connectivity index (χ1) is 14.1. The highest BCUT2D eigenvalue weighted by Crippen LogP contribution is 2.35. The molecule has 3 aromatic rings. The monoisotopic (exact) mass is 437 g/mol. The van der Waals surface area contributed by atoms with Gasteiger partial charge in [-0.3, -0.25) is 9.36 Å². The molecule has 1 aliphatic heterocycles. The summed E-state index contributed by atoms with van der Waals surface area (Å²) in [6, 6.07) is 10.0. The molecule has 0 radical (unpaired) electrons. The molecule has 30 heavy (non-hydrogen) atoms. The Labute approximate surface area is 173 Å². The van der Waals surface area contributed by atoms with Gasteiger partial charge in [0.05, 0.1) is 17.0 Å². The van der Waals surface area contributed by atoms with Crippen LogP contribution in [-0.4, -0.2) is 31.4 Å². The summed E-state index contributed by atoms with van der Waals surface area (Å²) < 4.78 is 41.3. The molecule has 4 rings (SSSR count). The van der Waals surface area contributed by atoms with Crippen LogP contribution in [-0.2, 0) is 11.0 Å². The second kappa shape index (κ2) is 8.29. The minimum Gasteiger partial charge on any atom is -0.481 e. The lowest BCUT2D eigenvalue weighted by atomic mass is 9.98. The molecule has 2 aromatic carbocycles. The van der Waals surface area contributed by atoms with Gasteiger partial charge in [-0.05, 0) is 24.3 Å². The van der Waals surface area contributed by atoms with E-state index in [0.717, 1.165) is 19.1 Å². The van der Waals surface area contributed by atoms with Crippen LogP contribution >= 0.6 is 11.6 Å². The van der Waals surface area contributed by atoms with E-state index in [1.807, 2.05) is 0 Å². The maximum absolute atomic E-state index is 13.2. The summed E-state index contributed by atoms with van der Waals surface area (Å²) >= 11 is 6.23. The van der Waals surface area contributed by atoms with Crippen molar-refractivity contribution in [2.24, 2.45) is 4.99 Å². The number of imidazole rings is 1. The summed E-state index contributed by atoms with van der Waals surface area (Å²) in [5.74, 6) is -0.618. The van der Waals surface area contributed by atoms with Crippen LogP contribution in [0.5, 0.6) is 0 Å². The number of carbonyl (C=O) groups is 1. The number of halogens is 4. The molecule has 0 saturated heterocycles. The van der Waals surface area contributed by atoms with Crippen molar-refractivity contribution >= 4 is 23.3 Å². The highest BCUT2D eigenvalue weighted by molar-refractivity contribution is 6.35. The summed E-state index contributed by atoms with van der Waals surface area (Å²) in [5.41, 5.74) is 0.438. The number of aromatic nitrogens is 2. The number of carboxylic acids is 1. The summed E-state index contributed by atoms with van der Waals surface area (Å²) in [5, 5.41) is 18.2. The molecule has 2 heterocycles. The van der Waals surface area contributed by atoms with Gasteiger partial charge < -0.3 is 10.2 Å². The predicted octanol–water partition coefficient (Wildman–Crippen LogP) is 4.48. The largest absolute Gasteiger partial charge is 0.481 e. The third-order valence-electron chi connectivity index (χ3n) is 4.12. The molecule has 1 unspecified atom stereocenters. The number of hydrogen-bond donors (Lipinski definition) is 2. The second-order valence-electron chi connectivity index (χ2n) is 6.24. The van der Waals surface area contributed by atoms with E-state index in [1.54, 1.807) is 30.5 Å². The number of aliphatic hydroxyl groups excluding tert-OH is 1.